The summed E-state index contributed by atoms with van der Waals surface area (Å²) < 4.78 is 3.05. The summed E-state index contributed by atoms with van der Waals surface area (Å²) in [6, 6.07) is 4.53. The third-order valence-electron chi connectivity index (χ3n) is 2.96. The van der Waals surface area contributed by atoms with Gasteiger partial charge in [0.1, 0.15) is 0 Å². The molecule has 0 aliphatic carbocycles. The van der Waals surface area contributed by atoms with Crippen LogP contribution in [0.3, 0.4) is 0 Å². The summed E-state index contributed by atoms with van der Waals surface area (Å²) in [6.07, 6.45) is 6.43. The third-order valence-corrected chi connectivity index (χ3v) is 3.60. The molecule has 0 bridgehead atoms. The molecular weight excluding hydrogens is 254 g/mol. The van der Waals surface area contributed by atoms with Crippen molar-refractivity contribution in [1.82, 2.24) is 14.9 Å². The Morgan fingerprint density at radius 1 is 1.53 bits per heavy atom. The molecule has 78 valence electrons. The molecule has 3 heterocycles. The Morgan fingerprint density at radius 2 is 2.47 bits per heavy atom. The molecule has 2 aromatic rings. The van der Waals surface area contributed by atoms with Gasteiger partial charge in [0.2, 0.25) is 0 Å². The Hall–Kier alpha value is -0.870. The Balaban J connectivity index is 2.18. The van der Waals surface area contributed by atoms with E-state index < -0.39 is 0 Å². The highest BCUT2D eigenvalue weighted by molar-refractivity contribution is 9.10. The fourth-order valence-corrected chi connectivity index (χ4v) is 2.79. The second-order valence-corrected chi connectivity index (χ2v) is 4.75. The van der Waals surface area contributed by atoms with E-state index in [1.807, 2.05) is 23.0 Å². The first-order valence-corrected chi connectivity index (χ1v) is 6.01. The summed E-state index contributed by atoms with van der Waals surface area (Å²) in [5, 5.41) is 7.87. The van der Waals surface area contributed by atoms with Crippen LogP contribution < -0.4 is 5.32 Å². The van der Waals surface area contributed by atoms with Crippen LogP contribution in [0, 0.1) is 0 Å². The lowest BCUT2D eigenvalue weighted by atomic mass is 10.1. The number of hydrogen-bond donors (Lipinski definition) is 1. The highest BCUT2D eigenvalue weighted by Crippen LogP contribution is 2.30. The van der Waals surface area contributed by atoms with Crippen LogP contribution >= 0.6 is 15.9 Å². The molecule has 0 radical (unpaired) electrons. The van der Waals surface area contributed by atoms with E-state index >= 15 is 0 Å². The molecule has 0 amide bonds. The van der Waals surface area contributed by atoms with Crippen molar-refractivity contribution in [2.45, 2.75) is 18.9 Å². The molecule has 1 unspecified atom stereocenters. The first kappa shape index (κ1) is 9.36. The highest BCUT2D eigenvalue weighted by Gasteiger charge is 2.20. The zero-order valence-electron chi connectivity index (χ0n) is 8.28. The Labute approximate surface area is 96.6 Å². The van der Waals surface area contributed by atoms with E-state index in [-0.39, 0.29) is 0 Å². The molecule has 1 saturated heterocycles. The molecule has 3 nitrogen and oxygen atoms in total. The summed E-state index contributed by atoms with van der Waals surface area (Å²) in [7, 11) is 0. The van der Waals surface area contributed by atoms with Gasteiger partial charge in [0.25, 0.3) is 0 Å². The molecule has 3 rings (SSSR count). The molecule has 1 aliphatic rings. The first-order valence-electron chi connectivity index (χ1n) is 5.21. The highest BCUT2D eigenvalue weighted by atomic mass is 79.9. The van der Waals surface area contributed by atoms with Crippen LogP contribution in [0.2, 0.25) is 0 Å². The van der Waals surface area contributed by atoms with Gasteiger partial charge < -0.3 is 5.32 Å². The average Bonchev–Trinajstić information content (AvgIpc) is 2.85. The van der Waals surface area contributed by atoms with Crippen molar-refractivity contribution >= 4 is 21.4 Å². The van der Waals surface area contributed by atoms with E-state index in [1.54, 1.807) is 0 Å². The molecule has 0 spiro atoms. The lowest BCUT2D eigenvalue weighted by Crippen LogP contribution is -2.12. The Morgan fingerprint density at radius 3 is 3.27 bits per heavy atom. The Bertz CT molecular complexity index is 486. The van der Waals surface area contributed by atoms with Crippen molar-refractivity contribution in [3.05, 3.63) is 34.6 Å². The molecule has 4 heteroatoms. The summed E-state index contributed by atoms with van der Waals surface area (Å²) in [6.45, 7) is 1.12. The van der Waals surface area contributed by atoms with Gasteiger partial charge in [-0.3, -0.25) is 0 Å². The van der Waals surface area contributed by atoms with Crippen LogP contribution in [0.1, 0.15) is 24.4 Å². The third kappa shape index (κ3) is 1.48. The second-order valence-electron chi connectivity index (χ2n) is 3.90. The van der Waals surface area contributed by atoms with E-state index in [4.69, 9.17) is 0 Å². The number of halogens is 1. The van der Waals surface area contributed by atoms with E-state index in [2.05, 4.69) is 32.4 Å². The second kappa shape index (κ2) is 3.61. The van der Waals surface area contributed by atoms with Gasteiger partial charge in [-0.15, -0.1) is 0 Å². The van der Waals surface area contributed by atoms with Crippen molar-refractivity contribution in [2.75, 3.05) is 6.54 Å². The van der Waals surface area contributed by atoms with E-state index in [0.717, 1.165) is 11.0 Å². The maximum absolute atomic E-state index is 4.37. The van der Waals surface area contributed by atoms with E-state index in [9.17, 15) is 0 Å². The molecular formula is C11H12BrN3. The Kier molecular flexibility index (Phi) is 2.25. The predicted molar refractivity (Wildman–Crippen MR) is 62.9 cm³/mol. The van der Waals surface area contributed by atoms with Gasteiger partial charge in [-0.1, -0.05) is 0 Å². The molecule has 1 fully saturated rings. The summed E-state index contributed by atoms with van der Waals surface area (Å²) in [5.41, 5.74) is 2.50. The number of rotatable bonds is 1. The largest absolute Gasteiger partial charge is 0.310 e. The van der Waals surface area contributed by atoms with Gasteiger partial charge in [0.15, 0.2) is 0 Å². The lowest BCUT2D eigenvalue weighted by Gasteiger charge is -2.08. The standard InChI is InChI=1S/C11H12BrN3/c12-9-3-2-6-15-11(9)8(7-14-15)10-4-1-5-13-10/h2-3,6-7,10,13H,1,4-5H2. The van der Waals surface area contributed by atoms with Gasteiger partial charge in [0, 0.05) is 22.3 Å². The monoisotopic (exact) mass is 265 g/mol. The number of fused-ring (bicyclic) bond motifs is 1. The number of nitrogens with one attached hydrogen (secondary N) is 1. The molecule has 15 heavy (non-hydrogen) atoms. The molecule has 2 aromatic heterocycles. The average molecular weight is 266 g/mol. The number of nitrogens with zero attached hydrogens (tertiary/aromatic N) is 2. The van der Waals surface area contributed by atoms with Crippen molar-refractivity contribution < 1.29 is 0 Å². The lowest BCUT2D eigenvalue weighted by molar-refractivity contribution is 0.652. The van der Waals surface area contributed by atoms with E-state index in [1.165, 1.54) is 23.9 Å². The summed E-state index contributed by atoms with van der Waals surface area (Å²) >= 11 is 3.59. The minimum Gasteiger partial charge on any atom is -0.310 e. The smallest absolute Gasteiger partial charge is 0.0851 e. The van der Waals surface area contributed by atoms with Crippen LogP contribution in [0.4, 0.5) is 0 Å². The zero-order chi connectivity index (χ0) is 10.3. The van der Waals surface area contributed by atoms with Gasteiger partial charge in [-0.05, 0) is 47.4 Å². The van der Waals surface area contributed by atoms with Crippen LogP contribution in [0.15, 0.2) is 29.0 Å². The molecule has 0 aromatic carbocycles. The number of hydrogen-bond acceptors (Lipinski definition) is 2. The maximum atomic E-state index is 4.37. The molecule has 1 atom stereocenters. The van der Waals surface area contributed by atoms with Crippen molar-refractivity contribution in [3.63, 3.8) is 0 Å². The van der Waals surface area contributed by atoms with Crippen LogP contribution in [-0.4, -0.2) is 16.2 Å². The van der Waals surface area contributed by atoms with Crippen molar-refractivity contribution in [1.29, 1.82) is 0 Å². The molecule has 1 aliphatic heterocycles. The molecule has 1 N–H and O–H groups in total. The summed E-state index contributed by atoms with van der Waals surface area (Å²) in [4.78, 5) is 0. The first-order chi connectivity index (χ1) is 7.36. The van der Waals surface area contributed by atoms with Gasteiger partial charge in [0.05, 0.1) is 11.7 Å². The quantitative estimate of drug-likeness (QED) is 0.859. The number of pyridine rings is 1. The predicted octanol–water partition coefficient (Wildman–Crippen LogP) is 2.52. The van der Waals surface area contributed by atoms with Crippen molar-refractivity contribution in [2.24, 2.45) is 0 Å². The minimum atomic E-state index is 0.473. The summed E-state index contributed by atoms with van der Waals surface area (Å²) in [5.74, 6) is 0. The maximum Gasteiger partial charge on any atom is 0.0851 e. The fraction of sp³-hybridized carbons (Fsp3) is 0.364. The van der Waals surface area contributed by atoms with Gasteiger partial charge in [-0.25, -0.2) is 4.52 Å². The van der Waals surface area contributed by atoms with Crippen LogP contribution in [0.5, 0.6) is 0 Å². The van der Waals surface area contributed by atoms with Crippen LogP contribution in [-0.2, 0) is 0 Å². The normalized spacial score (nSPS) is 21.3. The number of aromatic nitrogens is 2. The topological polar surface area (TPSA) is 29.3 Å². The fourth-order valence-electron chi connectivity index (χ4n) is 2.23. The van der Waals surface area contributed by atoms with Gasteiger partial charge >= 0.3 is 0 Å². The minimum absolute atomic E-state index is 0.473. The van der Waals surface area contributed by atoms with E-state index in [0.29, 0.717) is 6.04 Å². The van der Waals surface area contributed by atoms with Crippen LogP contribution in [0.25, 0.3) is 5.52 Å². The van der Waals surface area contributed by atoms with Gasteiger partial charge in [-0.2, -0.15) is 5.10 Å². The SMILES string of the molecule is Brc1cccn2ncc(C3CCCN3)c12. The zero-order valence-corrected chi connectivity index (χ0v) is 9.87. The van der Waals surface area contributed by atoms with Crippen molar-refractivity contribution in [3.8, 4) is 0 Å². The molecule has 0 saturated carbocycles.